The van der Waals surface area contributed by atoms with Gasteiger partial charge in [0.2, 0.25) is 5.88 Å². The Hall–Kier alpha value is -1.78. The maximum atomic E-state index is 5.48. The number of anilines is 1. The van der Waals surface area contributed by atoms with Crippen molar-refractivity contribution in [3.8, 4) is 11.4 Å². The van der Waals surface area contributed by atoms with Crippen LogP contribution >= 0.6 is 0 Å². The van der Waals surface area contributed by atoms with Crippen LogP contribution in [0.2, 0.25) is 0 Å². The molecule has 5 heteroatoms. The average molecular weight is 206 g/mol. The molecule has 0 unspecified atom stereocenters. The Morgan fingerprint density at radius 2 is 2.33 bits per heavy atom. The van der Waals surface area contributed by atoms with Gasteiger partial charge in [0.15, 0.2) is 0 Å². The summed E-state index contributed by atoms with van der Waals surface area (Å²) >= 11 is 0. The van der Waals surface area contributed by atoms with Crippen molar-refractivity contribution in [3.63, 3.8) is 0 Å². The third kappa shape index (κ3) is 2.01. The van der Waals surface area contributed by atoms with Crippen LogP contribution in [0.4, 0.5) is 5.88 Å². The van der Waals surface area contributed by atoms with Crippen LogP contribution < -0.4 is 5.73 Å². The SMILES string of the molecule is CC(C)Cn1nccc1-c1cc(N)on1. The summed E-state index contributed by atoms with van der Waals surface area (Å²) in [6.45, 7) is 5.14. The van der Waals surface area contributed by atoms with E-state index < -0.39 is 0 Å². The van der Waals surface area contributed by atoms with Crippen molar-refractivity contribution in [1.82, 2.24) is 14.9 Å². The lowest BCUT2D eigenvalue weighted by molar-refractivity contribution is 0.436. The standard InChI is InChI=1S/C10H14N4O/c1-7(2)6-14-9(3-4-12-14)8-5-10(11)15-13-8/h3-5,7H,6,11H2,1-2H3. The van der Waals surface area contributed by atoms with Crippen LogP contribution in [-0.4, -0.2) is 14.9 Å². The predicted molar refractivity (Wildman–Crippen MR) is 57.0 cm³/mol. The Balaban J connectivity index is 2.32. The molecular formula is C10H14N4O. The van der Waals surface area contributed by atoms with Gasteiger partial charge in [-0.1, -0.05) is 19.0 Å². The largest absolute Gasteiger partial charge is 0.368 e. The first-order chi connectivity index (χ1) is 7.16. The van der Waals surface area contributed by atoms with Crippen LogP contribution in [0, 0.1) is 5.92 Å². The van der Waals surface area contributed by atoms with E-state index in [-0.39, 0.29) is 0 Å². The molecular weight excluding hydrogens is 192 g/mol. The van der Waals surface area contributed by atoms with E-state index in [4.69, 9.17) is 10.3 Å². The van der Waals surface area contributed by atoms with E-state index >= 15 is 0 Å². The molecule has 0 fully saturated rings. The van der Waals surface area contributed by atoms with Crippen LogP contribution in [-0.2, 0) is 6.54 Å². The summed E-state index contributed by atoms with van der Waals surface area (Å²) in [5.74, 6) is 0.857. The second-order valence-electron chi connectivity index (χ2n) is 3.91. The van der Waals surface area contributed by atoms with Gasteiger partial charge in [-0.2, -0.15) is 5.10 Å². The fraction of sp³-hybridized carbons (Fsp3) is 0.400. The fourth-order valence-electron chi connectivity index (χ4n) is 1.45. The summed E-state index contributed by atoms with van der Waals surface area (Å²) in [6.07, 6.45) is 1.75. The van der Waals surface area contributed by atoms with Gasteiger partial charge in [-0.3, -0.25) is 4.68 Å². The first kappa shape index (κ1) is 9.76. The second-order valence-corrected chi connectivity index (χ2v) is 3.91. The van der Waals surface area contributed by atoms with Gasteiger partial charge in [0, 0.05) is 18.8 Å². The summed E-state index contributed by atoms with van der Waals surface area (Å²) in [5.41, 5.74) is 7.14. The first-order valence-corrected chi connectivity index (χ1v) is 4.91. The normalized spacial score (nSPS) is 11.1. The second kappa shape index (κ2) is 3.76. The summed E-state index contributed by atoms with van der Waals surface area (Å²) < 4.78 is 6.74. The van der Waals surface area contributed by atoms with Crippen molar-refractivity contribution < 1.29 is 4.52 Å². The van der Waals surface area contributed by atoms with E-state index in [9.17, 15) is 0 Å². The molecule has 0 aromatic carbocycles. The number of hydrogen-bond donors (Lipinski definition) is 1. The molecule has 0 saturated heterocycles. The molecule has 0 bridgehead atoms. The first-order valence-electron chi connectivity index (χ1n) is 4.91. The number of nitrogen functional groups attached to an aromatic ring is 1. The molecule has 0 spiro atoms. The molecule has 5 nitrogen and oxygen atoms in total. The van der Waals surface area contributed by atoms with Crippen LogP contribution in [0.1, 0.15) is 13.8 Å². The monoisotopic (exact) mass is 206 g/mol. The Labute approximate surface area is 87.9 Å². The Kier molecular flexibility index (Phi) is 2.45. The van der Waals surface area contributed by atoms with Crippen LogP contribution in [0.5, 0.6) is 0 Å². The maximum absolute atomic E-state index is 5.48. The molecule has 2 aromatic rings. The zero-order valence-corrected chi connectivity index (χ0v) is 8.84. The van der Waals surface area contributed by atoms with E-state index in [0.29, 0.717) is 11.8 Å². The van der Waals surface area contributed by atoms with Gasteiger partial charge in [0.25, 0.3) is 0 Å². The maximum Gasteiger partial charge on any atom is 0.222 e. The van der Waals surface area contributed by atoms with E-state index in [1.807, 2.05) is 10.7 Å². The molecule has 0 aliphatic carbocycles. The molecule has 0 amide bonds. The van der Waals surface area contributed by atoms with Crippen molar-refractivity contribution in [1.29, 1.82) is 0 Å². The molecule has 0 aliphatic rings. The Morgan fingerprint density at radius 1 is 1.53 bits per heavy atom. The van der Waals surface area contributed by atoms with Gasteiger partial charge in [0.1, 0.15) is 5.69 Å². The summed E-state index contributed by atoms with van der Waals surface area (Å²) in [6, 6.07) is 3.60. The molecule has 0 aliphatic heterocycles. The molecule has 0 atom stereocenters. The highest BCUT2D eigenvalue weighted by molar-refractivity contribution is 5.56. The predicted octanol–water partition coefficient (Wildman–Crippen LogP) is 1.78. The lowest BCUT2D eigenvalue weighted by atomic mass is 10.2. The van der Waals surface area contributed by atoms with Crippen LogP contribution in [0.25, 0.3) is 11.4 Å². The van der Waals surface area contributed by atoms with E-state index in [2.05, 4.69) is 24.1 Å². The van der Waals surface area contributed by atoms with Crippen molar-refractivity contribution in [2.45, 2.75) is 20.4 Å². The van der Waals surface area contributed by atoms with Crippen molar-refractivity contribution in [2.24, 2.45) is 5.92 Å². The highest BCUT2D eigenvalue weighted by Crippen LogP contribution is 2.20. The number of hydrogen-bond acceptors (Lipinski definition) is 4. The molecule has 2 aromatic heterocycles. The van der Waals surface area contributed by atoms with E-state index in [1.165, 1.54) is 0 Å². The smallest absolute Gasteiger partial charge is 0.222 e. The quantitative estimate of drug-likeness (QED) is 0.830. The zero-order chi connectivity index (χ0) is 10.8. The minimum Gasteiger partial charge on any atom is -0.368 e. The van der Waals surface area contributed by atoms with Crippen molar-refractivity contribution in [2.75, 3.05) is 5.73 Å². The number of nitrogens with two attached hydrogens (primary N) is 1. The molecule has 80 valence electrons. The molecule has 2 N–H and O–H groups in total. The molecule has 15 heavy (non-hydrogen) atoms. The summed E-state index contributed by atoms with van der Waals surface area (Å²) in [5, 5.41) is 8.10. The number of aromatic nitrogens is 3. The highest BCUT2D eigenvalue weighted by Gasteiger charge is 2.10. The molecule has 0 saturated carbocycles. The van der Waals surface area contributed by atoms with Gasteiger partial charge in [-0.25, -0.2) is 0 Å². The third-order valence-corrected chi connectivity index (χ3v) is 2.05. The summed E-state index contributed by atoms with van der Waals surface area (Å²) in [7, 11) is 0. The topological polar surface area (TPSA) is 69.9 Å². The number of rotatable bonds is 3. The van der Waals surface area contributed by atoms with Crippen LogP contribution in [0.3, 0.4) is 0 Å². The molecule has 0 radical (unpaired) electrons. The van der Waals surface area contributed by atoms with Crippen LogP contribution in [0.15, 0.2) is 22.9 Å². The molecule has 2 heterocycles. The van der Waals surface area contributed by atoms with Crippen molar-refractivity contribution in [3.05, 3.63) is 18.3 Å². The van der Waals surface area contributed by atoms with Gasteiger partial charge in [0.05, 0.1) is 5.69 Å². The Bertz CT molecular complexity index is 444. The lowest BCUT2D eigenvalue weighted by Crippen LogP contribution is -2.07. The Morgan fingerprint density at radius 3 is 2.93 bits per heavy atom. The van der Waals surface area contributed by atoms with E-state index in [0.717, 1.165) is 17.9 Å². The fourth-order valence-corrected chi connectivity index (χ4v) is 1.45. The minimum atomic E-state index is 0.322. The van der Waals surface area contributed by atoms with Gasteiger partial charge in [-0.05, 0) is 12.0 Å². The highest BCUT2D eigenvalue weighted by atomic mass is 16.5. The summed E-state index contributed by atoms with van der Waals surface area (Å²) in [4.78, 5) is 0. The third-order valence-electron chi connectivity index (χ3n) is 2.05. The number of nitrogens with zero attached hydrogens (tertiary/aromatic N) is 3. The van der Waals surface area contributed by atoms with Gasteiger partial charge >= 0.3 is 0 Å². The van der Waals surface area contributed by atoms with Gasteiger partial charge < -0.3 is 10.3 Å². The minimum absolute atomic E-state index is 0.322. The molecule has 2 rings (SSSR count). The van der Waals surface area contributed by atoms with E-state index in [1.54, 1.807) is 12.3 Å². The lowest BCUT2D eigenvalue weighted by Gasteiger charge is -2.07. The van der Waals surface area contributed by atoms with Gasteiger partial charge in [-0.15, -0.1) is 0 Å². The van der Waals surface area contributed by atoms with Crippen molar-refractivity contribution >= 4 is 5.88 Å². The zero-order valence-electron chi connectivity index (χ0n) is 8.84. The average Bonchev–Trinajstić information content (AvgIpc) is 2.72.